The van der Waals surface area contributed by atoms with Crippen LogP contribution < -0.4 is 9.80 Å². The van der Waals surface area contributed by atoms with Crippen LogP contribution in [0.3, 0.4) is 0 Å². The van der Waals surface area contributed by atoms with Crippen LogP contribution in [0, 0.1) is 10.8 Å². The molecule has 3 heteroatoms. The highest BCUT2D eigenvalue weighted by Gasteiger charge is 2.34. The molecule has 1 aliphatic rings. The van der Waals surface area contributed by atoms with Gasteiger partial charge in [-0.05, 0) is 42.0 Å². The molecular formula is C24H32N2O. The first-order chi connectivity index (χ1) is 12.5. The number of Topliss-reactive ketones (excluding diaryl/α,β-unsaturated/α-hetero) is 1. The van der Waals surface area contributed by atoms with Crippen LogP contribution in [0.4, 0.5) is 22.7 Å². The number of rotatable bonds is 3. The third-order valence-corrected chi connectivity index (χ3v) is 4.68. The molecule has 0 unspecified atom stereocenters. The number of carbonyl (C=O) groups is 1. The first-order valence-corrected chi connectivity index (χ1v) is 9.76. The van der Waals surface area contributed by atoms with Crippen LogP contribution in [-0.4, -0.2) is 18.9 Å². The molecule has 2 aromatic carbocycles. The molecule has 0 bridgehead atoms. The molecule has 1 aliphatic heterocycles. The second-order valence-corrected chi connectivity index (χ2v) is 10.0. The van der Waals surface area contributed by atoms with Gasteiger partial charge in [0.15, 0.2) is 5.78 Å². The van der Waals surface area contributed by atoms with Crippen LogP contribution in [0.1, 0.15) is 58.8 Å². The summed E-state index contributed by atoms with van der Waals surface area (Å²) in [4.78, 5) is 17.2. The molecule has 0 fully saturated rings. The van der Waals surface area contributed by atoms with Crippen LogP contribution in [0.5, 0.6) is 0 Å². The number of anilines is 4. The van der Waals surface area contributed by atoms with Crippen molar-refractivity contribution in [2.75, 3.05) is 22.9 Å². The Labute approximate surface area is 164 Å². The summed E-state index contributed by atoms with van der Waals surface area (Å²) in [7, 11) is 0. The minimum Gasteiger partial charge on any atom is -0.338 e. The van der Waals surface area contributed by atoms with Crippen LogP contribution in [-0.2, 0) is 0 Å². The molecule has 1 heterocycles. The normalized spacial score (nSPS) is 14.0. The molecule has 2 aromatic rings. The first-order valence-electron chi connectivity index (χ1n) is 9.76. The third-order valence-electron chi connectivity index (χ3n) is 4.68. The molecule has 0 saturated heterocycles. The lowest BCUT2D eigenvalue weighted by Gasteiger charge is -2.45. The van der Waals surface area contributed by atoms with Crippen molar-refractivity contribution in [2.45, 2.75) is 48.5 Å². The minimum atomic E-state index is 0.0977. The third kappa shape index (κ3) is 4.02. The zero-order valence-electron chi connectivity index (χ0n) is 17.8. The molecule has 3 nitrogen and oxygen atoms in total. The maximum Gasteiger partial charge on any atom is 0.161 e. The molecule has 0 aliphatic carbocycles. The summed E-state index contributed by atoms with van der Waals surface area (Å²) in [5.41, 5.74) is 5.58. The van der Waals surface area contributed by atoms with E-state index in [1.807, 2.05) is 12.1 Å². The number of hydrogen-bond acceptors (Lipinski definition) is 3. The number of benzene rings is 2. The van der Waals surface area contributed by atoms with Crippen LogP contribution >= 0.6 is 0 Å². The van der Waals surface area contributed by atoms with E-state index in [0.717, 1.165) is 30.0 Å². The molecule has 3 rings (SSSR count). The highest BCUT2D eigenvalue weighted by molar-refractivity contribution is 6.07. The monoisotopic (exact) mass is 364 g/mol. The second-order valence-electron chi connectivity index (χ2n) is 10.0. The zero-order valence-corrected chi connectivity index (χ0v) is 17.8. The van der Waals surface area contributed by atoms with Crippen molar-refractivity contribution in [3.63, 3.8) is 0 Å². The smallest absolute Gasteiger partial charge is 0.161 e. The number of ketones is 1. The molecule has 0 radical (unpaired) electrons. The largest absolute Gasteiger partial charge is 0.338 e. The number of nitrogens with zero attached hydrogens (tertiary/aromatic N) is 2. The topological polar surface area (TPSA) is 23.6 Å². The van der Waals surface area contributed by atoms with E-state index >= 15 is 0 Å². The van der Waals surface area contributed by atoms with Crippen molar-refractivity contribution in [1.29, 1.82) is 0 Å². The van der Waals surface area contributed by atoms with Crippen LogP contribution in [0.15, 0.2) is 42.5 Å². The summed E-state index contributed by atoms with van der Waals surface area (Å²) in [5, 5.41) is 0. The SMILES string of the molecule is CC(=O)c1cccc2c1N(CC(C)(C)C)c1ccccc1N2CC(C)(C)C. The van der Waals surface area contributed by atoms with Gasteiger partial charge < -0.3 is 9.80 Å². The number of carbonyl (C=O) groups excluding carboxylic acids is 1. The molecule has 0 spiro atoms. The van der Waals surface area contributed by atoms with Crippen molar-refractivity contribution >= 4 is 28.5 Å². The Bertz CT molecular complexity index is 855. The van der Waals surface area contributed by atoms with Gasteiger partial charge in [0.1, 0.15) is 0 Å². The molecule has 0 atom stereocenters. The lowest BCUT2D eigenvalue weighted by atomic mass is 9.91. The molecule has 0 N–H and O–H groups in total. The Morgan fingerprint density at radius 1 is 0.741 bits per heavy atom. The molecule has 0 saturated carbocycles. The van der Waals surface area contributed by atoms with Crippen molar-refractivity contribution in [1.82, 2.24) is 0 Å². The average molecular weight is 365 g/mol. The van der Waals surface area contributed by atoms with Gasteiger partial charge in [-0.15, -0.1) is 0 Å². The van der Waals surface area contributed by atoms with Gasteiger partial charge in [-0.25, -0.2) is 0 Å². The van der Waals surface area contributed by atoms with E-state index in [1.54, 1.807) is 6.92 Å². The quantitative estimate of drug-likeness (QED) is 0.575. The van der Waals surface area contributed by atoms with Gasteiger partial charge in [-0.1, -0.05) is 59.7 Å². The summed E-state index contributed by atoms with van der Waals surface area (Å²) >= 11 is 0. The Morgan fingerprint density at radius 3 is 1.74 bits per heavy atom. The van der Waals surface area contributed by atoms with E-state index in [1.165, 1.54) is 11.4 Å². The van der Waals surface area contributed by atoms with Gasteiger partial charge in [-0.2, -0.15) is 0 Å². The van der Waals surface area contributed by atoms with Crippen molar-refractivity contribution < 1.29 is 4.79 Å². The van der Waals surface area contributed by atoms with Gasteiger partial charge in [0.2, 0.25) is 0 Å². The van der Waals surface area contributed by atoms with E-state index in [4.69, 9.17) is 0 Å². The molecule has 0 aromatic heterocycles. The molecule has 0 amide bonds. The summed E-state index contributed by atoms with van der Waals surface area (Å²) in [6.07, 6.45) is 0. The Kier molecular flexibility index (Phi) is 4.83. The highest BCUT2D eigenvalue weighted by atomic mass is 16.1. The van der Waals surface area contributed by atoms with E-state index < -0.39 is 0 Å². The lowest BCUT2D eigenvalue weighted by molar-refractivity contribution is 0.101. The van der Waals surface area contributed by atoms with Crippen LogP contribution in [0.25, 0.3) is 0 Å². The van der Waals surface area contributed by atoms with E-state index in [2.05, 4.69) is 81.7 Å². The fourth-order valence-electron chi connectivity index (χ4n) is 3.77. The van der Waals surface area contributed by atoms with Gasteiger partial charge >= 0.3 is 0 Å². The minimum absolute atomic E-state index is 0.0977. The van der Waals surface area contributed by atoms with E-state index in [9.17, 15) is 4.79 Å². The zero-order chi connectivity index (χ0) is 20.0. The summed E-state index contributed by atoms with van der Waals surface area (Å²) < 4.78 is 0. The summed E-state index contributed by atoms with van der Waals surface area (Å²) in [6.45, 7) is 16.9. The Hall–Kier alpha value is -2.29. The van der Waals surface area contributed by atoms with Crippen molar-refractivity contribution in [3.05, 3.63) is 48.0 Å². The maximum atomic E-state index is 12.5. The first kappa shape index (κ1) is 19.5. The van der Waals surface area contributed by atoms with E-state index in [-0.39, 0.29) is 16.6 Å². The molecule has 144 valence electrons. The van der Waals surface area contributed by atoms with Crippen molar-refractivity contribution in [3.8, 4) is 0 Å². The number of para-hydroxylation sites is 3. The van der Waals surface area contributed by atoms with E-state index in [0.29, 0.717) is 0 Å². The van der Waals surface area contributed by atoms with Crippen molar-refractivity contribution in [2.24, 2.45) is 10.8 Å². The number of hydrogen-bond donors (Lipinski definition) is 0. The van der Waals surface area contributed by atoms with Gasteiger partial charge in [0.05, 0.1) is 22.7 Å². The predicted octanol–water partition coefficient (Wildman–Crippen LogP) is 6.57. The lowest BCUT2D eigenvalue weighted by Crippen LogP contribution is -2.38. The Balaban J connectivity index is 2.29. The number of fused-ring (bicyclic) bond motifs is 2. The average Bonchev–Trinajstić information content (AvgIpc) is 2.55. The Morgan fingerprint density at radius 2 is 1.22 bits per heavy atom. The summed E-state index contributed by atoms with van der Waals surface area (Å²) in [5.74, 6) is 0.112. The maximum absolute atomic E-state index is 12.5. The fraction of sp³-hybridized carbons (Fsp3) is 0.458. The van der Waals surface area contributed by atoms with Gasteiger partial charge in [0, 0.05) is 18.7 Å². The fourth-order valence-corrected chi connectivity index (χ4v) is 3.77. The summed E-state index contributed by atoms with van der Waals surface area (Å²) in [6, 6.07) is 14.7. The standard InChI is InChI=1S/C24H32N2O/c1-17(27)18-11-10-14-21-22(18)26(16-24(5,6)7)20-13-9-8-12-19(20)25(21)15-23(2,3)4/h8-14H,15-16H2,1-7H3. The van der Waals surface area contributed by atoms with Gasteiger partial charge in [0.25, 0.3) is 0 Å². The van der Waals surface area contributed by atoms with Gasteiger partial charge in [-0.3, -0.25) is 4.79 Å². The highest BCUT2D eigenvalue weighted by Crippen LogP contribution is 2.51. The molecular weight excluding hydrogens is 332 g/mol. The second kappa shape index (κ2) is 6.70. The molecule has 27 heavy (non-hydrogen) atoms. The predicted molar refractivity (Wildman–Crippen MR) is 116 cm³/mol. The van der Waals surface area contributed by atoms with Crippen LogP contribution in [0.2, 0.25) is 0 Å².